The van der Waals surface area contributed by atoms with Gasteiger partial charge in [-0.15, -0.1) is 0 Å². The molecule has 2 aromatic rings. The Morgan fingerprint density at radius 3 is 2.69 bits per heavy atom. The van der Waals surface area contributed by atoms with Gasteiger partial charge in [-0.1, -0.05) is 15.9 Å². The van der Waals surface area contributed by atoms with Crippen LogP contribution in [-0.2, 0) is 0 Å². The quantitative estimate of drug-likeness (QED) is 0.811. The first-order chi connectivity index (χ1) is 7.79. The number of halogens is 1. The van der Waals surface area contributed by atoms with Crippen LogP contribution in [0.2, 0.25) is 0 Å². The molecule has 1 heterocycles. The van der Waals surface area contributed by atoms with Crippen molar-refractivity contribution >= 4 is 22.2 Å². The van der Waals surface area contributed by atoms with Crippen molar-refractivity contribution in [2.24, 2.45) is 0 Å². The van der Waals surface area contributed by atoms with Gasteiger partial charge >= 0.3 is 6.01 Å². The van der Waals surface area contributed by atoms with Crippen LogP contribution in [-0.4, -0.2) is 16.3 Å². The zero-order valence-corrected chi connectivity index (χ0v) is 9.72. The first-order valence-electron chi connectivity index (χ1n) is 4.49. The van der Waals surface area contributed by atoms with Crippen molar-refractivity contribution in [2.45, 2.75) is 0 Å². The molecule has 0 aliphatic heterocycles. The highest BCUT2D eigenvalue weighted by Crippen LogP contribution is 2.23. The lowest BCUT2D eigenvalue weighted by Crippen LogP contribution is -1.91. The first-order valence-corrected chi connectivity index (χ1v) is 5.28. The zero-order chi connectivity index (χ0) is 11.4. The number of carbonyl (C=O) groups is 1. The lowest BCUT2D eigenvalue weighted by molar-refractivity contribution is 0.112. The fourth-order valence-corrected chi connectivity index (χ4v) is 1.46. The monoisotopic (exact) mass is 278 g/mol. The summed E-state index contributed by atoms with van der Waals surface area (Å²) in [6, 6.07) is 7.04. The van der Waals surface area contributed by atoms with Gasteiger partial charge in [0.05, 0.1) is 0 Å². The number of rotatable bonds is 3. The average Bonchev–Trinajstić information content (AvgIpc) is 2.33. The summed E-state index contributed by atoms with van der Waals surface area (Å²) in [6.07, 6.45) is 3.92. The smallest absolute Gasteiger partial charge is 0.321 e. The Morgan fingerprint density at radius 1 is 1.25 bits per heavy atom. The van der Waals surface area contributed by atoms with E-state index in [4.69, 9.17) is 4.74 Å². The largest absolute Gasteiger partial charge is 0.424 e. The third-order valence-corrected chi connectivity index (χ3v) is 2.57. The number of aldehydes is 1. The van der Waals surface area contributed by atoms with Crippen LogP contribution in [0.1, 0.15) is 10.4 Å². The molecular formula is C11H7BrN2O2. The number of ether oxygens (including phenoxy) is 1. The minimum absolute atomic E-state index is 0.252. The Balaban J connectivity index is 2.26. The van der Waals surface area contributed by atoms with Crippen molar-refractivity contribution in [3.8, 4) is 11.8 Å². The van der Waals surface area contributed by atoms with Crippen LogP contribution in [0.3, 0.4) is 0 Å². The standard InChI is InChI=1S/C11H7BrN2O2/c12-10-3-2-9(6-8(10)7-15)16-11-13-4-1-5-14-11/h1-7H. The van der Waals surface area contributed by atoms with E-state index in [-0.39, 0.29) is 6.01 Å². The molecule has 4 nitrogen and oxygen atoms in total. The van der Waals surface area contributed by atoms with E-state index in [0.717, 1.165) is 10.8 Å². The van der Waals surface area contributed by atoms with Gasteiger partial charge in [0.15, 0.2) is 6.29 Å². The highest BCUT2D eigenvalue weighted by atomic mass is 79.9. The molecule has 0 aliphatic rings. The van der Waals surface area contributed by atoms with Crippen molar-refractivity contribution < 1.29 is 9.53 Å². The molecule has 0 saturated heterocycles. The van der Waals surface area contributed by atoms with E-state index in [1.54, 1.807) is 36.7 Å². The summed E-state index contributed by atoms with van der Waals surface area (Å²) in [5.74, 6) is 0.525. The second kappa shape index (κ2) is 4.85. The van der Waals surface area contributed by atoms with Gasteiger partial charge in [0.2, 0.25) is 0 Å². The molecule has 0 N–H and O–H groups in total. The Bertz CT molecular complexity index is 503. The third-order valence-electron chi connectivity index (χ3n) is 1.85. The Hall–Kier alpha value is -1.75. The molecule has 0 fully saturated rings. The minimum Gasteiger partial charge on any atom is -0.424 e. The van der Waals surface area contributed by atoms with Crippen LogP contribution >= 0.6 is 15.9 Å². The highest BCUT2D eigenvalue weighted by Gasteiger charge is 2.03. The van der Waals surface area contributed by atoms with Crippen molar-refractivity contribution in [1.82, 2.24) is 9.97 Å². The highest BCUT2D eigenvalue weighted by molar-refractivity contribution is 9.10. The number of aromatic nitrogens is 2. The van der Waals surface area contributed by atoms with E-state index in [1.165, 1.54) is 0 Å². The Labute approximate surface area is 100 Å². The van der Waals surface area contributed by atoms with Crippen molar-refractivity contribution in [3.05, 3.63) is 46.7 Å². The maximum Gasteiger partial charge on any atom is 0.321 e. The fraction of sp³-hybridized carbons (Fsp3) is 0. The van der Waals surface area contributed by atoms with Crippen molar-refractivity contribution in [2.75, 3.05) is 0 Å². The van der Waals surface area contributed by atoms with Gasteiger partial charge in [0, 0.05) is 22.4 Å². The van der Waals surface area contributed by atoms with Crippen LogP contribution in [0.5, 0.6) is 11.8 Å². The summed E-state index contributed by atoms with van der Waals surface area (Å²) in [4.78, 5) is 18.6. The van der Waals surface area contributed by atoms with Crippen LogP contribution in [0.25, 0.3) is 0 Å². The van der Waals surface area contributed by atoms with E-state index >= 15 is 0 Å². The summed E-state index contributed by atoms with van der Waals surface area (Å²) in [5.41, 5.74) is 0.522. The second-order valence-corrected chi connectivity index (χ2v) is 3.79. The van der Waals surface area contributed by atoms with E-state index in [0.29, 0.717) is 11.3 Å². The molecule has 0 radical (unpaired) electrons. The molecule has 0 aliphatic carbocycles. The van der Waals surface area contributed by atoms with Gasteiger partial charge in [-0.25, -0.2) is 9.97 Å². The van der Waals surface area contributed by atoms with E-state index < -0.39 is 0 Å². The number of hydrogen-bond acceptors (Lipinski definition) is 4. The summed E-state index contributed by atoms with van der Waals surface area (Å²) < 4.78 is 6.10. The molecule has 1 aromatic heterocycles. The molecule has 80 valence electrons. The second-order valence-electron chi connectivity index (χ2n) is 2.93. The maximum atomic E-state index is 10.7. The molecule has 0 bridgehead atoms. The maximum absolute atomic E-state index is 10.7. The molecule has 2 rings (SSSR count). The SMILES string of the molecule is O=Cc1cc(Oc2ncccn2)ccc1Br. The van der Waals surface area contributed by atoms with Crippen LogP contribution < -0.4 is 4.74 Å². The summed E-state index contributed by atoms with van der Waals surface area (Å²) in [6.45, 7) is 0. The van der Waals surface area contributed by atoms with E-state index in [9.17, 15) is 4.79 Å². The summed E-state index contributed by atoms with van der Waals surface area (Å²) in [5, 5.41) is 0. The predicted octanol–water partition coefficient (Wildman–Crippen LogP) is 2.84. The molecule has 5 heteroatoms. The average molecular weight is 279 g/mol. The van der Waals surface area contributed by atoms with Gasteiger partial charge in [-0.05, 0) is 24.3 Å². The molecule has 16 heavy (non-hydrogen) atoms. The number of nitrogens with zero attached hydrogens (tertiary/aromatic N) is 2. The van der Waals surface area contributed by atoms with Crippen molar-refractivity contribution in [3.63, 3.8) is 0 Å². The van der Waals surface area contributed by atoms with Gasteiger partial charge < -0.3 is 4.74 Å². The van der Waals surface area contributed by atoms with Crippen LogP contribution in [0, 0.1) is 0 Å². The fourth-order valence-electron chi connectivity index (χ4n) is 1.12. The normalized spacial score (nSPS) is 9.81. The Morgan fingerprint density at radius 2 is 2.00 bits per heavy atom. The predicted molar refractivity (Wildman–Crippen MR) is 61.6 cm³/mol. The third kappa shape index (κ3) is 2.43. The number of benzene rings is 1. The van der Waals surface area contributed by atoms with E-state index in [1.807, 2.05) is 0 Å². The van der Waals surface area contributed by atoms with E-state index in [2.05, 4.69) is 25.9 Å². The molecule has 0 spiro atoms. The first kappa shape index (κ1) is 10.8. The summed E-state index contributed by atoms with van der Waals surface area (Å²) in [7, 11) is 0. The molecule has 0 saturated carbocycles. The van der Waals surface area contributed by atoms with Gasteiger partial charge in [0.1, 0.15) is 5.75 Å². The summed E-state index contributed by atoms with van der Waals surface area (Å²) >= 11 is 3.26. The topological polar surface area (TPSA) is 52.1 Å². The van der Waals surface area contributed by atoms with Crippen LogP contribution in [0.15, 0.2) is 41.1 Å². The number of carbonyl (C=O) groups excluding carboxylic acids is 1. The van der Waals surface area contributed by atoms with Gasteiger partial charge in [0.25, 0.3) is 0 Å². The molecule has 0 atom stereocenters. The molecule has 0 amide bonds. The van der Waals surface area contributed by atoms with Gasteiger partial charge in [-0.3, -0.25) is 4.79 Å². The molecule has 1 aromatic carbocycles. The van der Waals surface area contributed by atoms with Crippen molar-refractivity contribution in [1.29, 1.82) is 0 Å². The van der Waals surface area contributed by atoms with Crippen LogP contribution in [0.4, 0.5) is 0 Å². The molecular weight excluding hydrogens is 272 g/mol. The lowest BCUT2D eigenvalue weighted by atomic mass is 10.2. The lowest BCUT2D eigenvalue weighted by Gasteiger charge is -2.04. The zero-order valence-electron chi connectivity index (χ0n) is 8.13. The Kier molecular flexibility index (Phi) is 3.26. The molecule has 0 unspecified atom stereocenters. The minimum atomic E-state index is 0.252. The van der Waals surface area contributed by atoms with Gasteiger partial charge in [-0.2, -0.15) is 0 Å². The number of hydrogen-bond donors (Lipinski definition) is 0.